The van der Waals surface area contributed by atoms with Gasteiger partial charge in [-0.2, -0.15) is 4.58 Å². The highest BCUT2D eigenvalue weighted by Gasteiger charge is 2.44. The Bertz CT molecular complexity index is 3600. The van der Waals surface area contributed by atoms with Crippen LogP contribution in [-0.2, 0) is 61.9 Å². The Morgan fingerprint density at radius 2 is 1.35 bits per heavy atom. The number of carboxylic acid groups (broad SMARTS) is 2. The number of unbranched alkanes of at least 4 members (excludes halogenated alkanes) is 3. The van der Waals surface area contributed by atoms with Crippen molar-refractivity contribution in [3.05, 3.63) is 172 Å². The number of hydrogen-bond acceptors (Lipinski definition) is 14. The van der Waals surface area contributed by atoms with Crippen molar-refractivity contribution < 1.29 is 62.6 Å². The number of nitrogens with one attached hydrogen (secondary N) is 5. The van der Waals surface area contributed by atoms with Crippen molar-refractivity contribution in [1.29, 1.82) is 0 Å². The molecule has 3 atom stereocenters. The van der Waals surface area contributed by atoms with Crippen LogP contribution in [0.2, 0.25) is 0 Å². The van der Waals surface area contributed by atoms with E-state index in [0.717, 1.165) is 86.1 Å². The van der Waals surface area contributed by atoms with Gasteiger partial charge in [-0.15, -0.1) is 0 Å². The van der Waals surface area contributed by atoms with E-state index in [4.69, 9.17) is 30.8 Å². The third kappa shape index (κ3) is 24.8. The first-order valence-corrected chi connectivity index (χ1v) is 36.9. The van der Waals surface area contributed by atoms with Gasteiger partial charge in [0.2, 0.25) is 17.5 Å². The Morgan fingerprint density at radius 1 is 0.647 bits per heavy atom. The van der Waals surface area contributed by atoms with Crippen molar-refractivity contribution >= 4 is 58.4 Å². The molecule has 4 aromatic carbocycles. The molecule has 0 saturated heterocycles. The number of rotatable bonds is 46. The number of carbonyl (C=O) groups excluding carboxylic acids is 5. The van der Waals surface area contributed by atoms with Crippen LogP contribution in [0.3, 0.4) is 0 Å². The van der Waals surface area contributed by atoms with Crippen molar-refractivity contribution in [2.45, 2.75) is 199 Å². The maximum atomic E-state index is 14.4. The van der Waals surface area contributed by atoms with E-state index in [0.29, 0.717) is 57.6 Å². The number of ketones is 2. The molecule has 3 aliphatic rings. The highest BCUT2D eigenvalue weighted by Crippen LogP contribution is 2.48. The number of para-hydroxylation sites is 2. The average Bonchev–Trinajstić information content (AvgIpc) is 1.60. The van der Waals surface area contributed by atoms with Gasteiger partial charge in [-0.3, -0.25) is 29.3 Å². The number of allylic oxidation sites excluding steroid dienone is 7. The van der Waals surface area contributed by atoms with E-state index in [-0.39, 0.29) is 99.1 Å². The highest BCUT2D eigenvalue weighted by atomic mass is 16.5. The molecule has 7 rings (SSSR count). The summed E-state index contributed by atoms with van der Waals surface area (Å²) >= 11 is 0. The third-order valence-electron chi connectivity index (χ3n) is 19.2. The summed E-state index contributed by atoms with van der Waals surface area (Å²) in [7, 11) is 0. The zero-order valence-corrected chi connectivity index (χ0v) is 61.0. The fraction of sp³-hybridized carbons (Fsp3) is 0.506. The number of nitrogens with two attached hydrogens (primary N) is 2. The molecule has 11 N–H and O–H groups in total. The largest absolute Gasteiger partial charge is 0.481 e. The maximum Gasteiger partial charge on any atom is 0.326 e. The lowest BCUT2D eigenvalue weighted by molar-refractivity contribution is -0.438. The predicted molar refractivity (Wildman–Crippen MR) is 400 cm³/mol. The molecule has 0 radical (unpaired) electrons. The molecule has 2 aliphatic heterocycles. The first-order chi connectivity index (χ1) is 49.1. The number of hydrogen-bond donors (Lipinski definition) is 9. The smallest absolute Gasteiger partial charge is 0.326 e. The molecule has 102 heavy (non-hydrogen) atoms. The fourth-order valence-electron chi connectivity index (χ4n) is 13.5. The molecular formula is C81H112N9O12+. The standard InChI is InChI=1S/C81H111N9O12/c1-7-9-18-50-90-69-33-17-15-31-65(69)81(5,6)72(90)42-37-60-26-19-25-59(36-41-71-80(3,4)64-30-14-16-32-68(64)89(71)49-10-8-2)75(60)102-63-38-34-57(35-39-63)44-48-84-76(96)61(27-20-46-85-78(82)83)56-70(92)67(55-58-23-12-11-13-24-58)87-73(93)45-52-101-54-53-100-51-22-29-62(91)28-21-47-86-79(99)88-66(77(97)98)40-43-74(94)95/h11-17,23-24,30-39,41-42,61,66-67,78,85H,7-10,18-22,25-29,40,43-56,82-83H2,1-6H3,(H5-,84,86,87,88,93,94,95,96,97,98,99)/p+1/t61-,66-,67+/m1/s1. The maximum absolute atomic E-state index is 14.4. The summed E-state index contributed by atoms with van der Waals surface area (Å²) in [4.78, 5) is 91.2. The number of anilines is 1. The number of Topliss-reactive ketones (excluding diaryl/α,β-unsaturated/α-hetero) is 2. The fourth-order valence-corrected chi connectivity index (χ4v) is 13.5. The van der Waals surface area contributed by atoms with Gasteiger partial charge in [0.05, 0.1) is 31.3 Å². The van der Waals surface area contributed by atoms with Crippen LogP contribution in [0.1, 0.15) is 179 Å². The molecule has 4 amide bonds. The van der Waals surface area contributed by atoms with Crippen LogP contribution in [0.15, 0.2) is 150 Å². The van der Waals surface area contributed by atoms with Crippen molar-refractivity contribution in [3.63, 3.8) is 0 Å². The molecule has 1 aliphatic carbocycles. The summed E-state index contributed by atoms with van der Waals surface area (Å²) < 4.78 is 21.0. The molecule has 0 spiro atoms. The lowest BCUT2D eigenvalue weighted by Gasteiger charge is -2.27. The van der Waals surface area contributed by atoms with Crippen LogP contribution in [-0.4, -0.2) is 139 Å². The van der Waals surface area contributed by atoms with Crippen LogP contribution in [0.5, 0.6) is 5.75 Å². The second-order valence-corrected chi connectivity index (χ2v) is 27.8. The quantitative estimate of drug-likeness (QED) is 0.0113. The van der Waals surface area contributed by atoms with Crippen LogP contribution in [0, 0.1) is 5.92 Å². The average molecular weight is 1400 g/mol. The Hall–Kier alpha value is -8.60. The Morgan fingerprint density at radius 3 is 2.08 bits per heavy atom. The van der Waals surface area contributed by atoms with Gasteiger partial charge in [0.1, 0.15) is 36.2 Å². The molecule has 0 saturated carbocycles. The van der Waals surface area contributed by atoms with Gasteiger partial charge in [-0.05, 0) is 156 Å². The number of urea groups is 1. The summed E-state index contributed by atoms with van der Waals surface area (Å²) in [6.45, 7) is 17.4. The van der Waals surface area contributed by atoms with Crippen molar-refractivity contribution in [1.82, 2.24) is 26.6 Å². The Labute approximate surface area is 603 Å². The number of fused-ring (bicyclic) bond motifs is 2. The summed E-state index contributed by atoms with van der Waals surface area (Å²) in [5.41, 5.74) is 23.1. The van der Waals surface area contributed by atoms with Gasteiger partial charge in [0.25, 0.3) is 0 Å². The topological polar surface area (TPSA) is 306 Å². The minimum Gasteiger partial charge on any atom is -0.481 e. The van der Waals surface area contributed by atoms with Gasteiger partial charge in [0, 0.05) is 105 Å². The minimum atomic E-state index is -1.35. The van der Waals surface area contributed by atoms with E-state index >= 15 is 0 Å². The molecule has 2 heterocycles. The monoisotopic (exact) mass is 1400 g/mol. The molecule has 0 unspecified atom stereocenters. The van der Waals surface area contributed by atoms with Gasteiger partial charge in [0.15, 0.2) is 11.5 Å². The zero-order valence-electron chi connectivity index (χ0n) is 61.0. The van der Waals surface area contributed by atoms with Gasteiger partial charge >= 0.3 is 18.0 Å². The summed E-state index contributed by atoms with van der Waals surface area (Å²) in [5, 5.41) is 31.8. The Balaban J connectivity index is 0.957. The molecule has 552 valence electrons. The van der Waals surface area contributed by atoms with Crippen LogP contribution >= 0.6 is 0 Å². The summed E-state index contributed by atoms with van der Waals surface area (Å²) in [6, 6.07) is 32.1. The molecule has 0 bridgehead atoms. The Kier molecular flexibility index (Phi) is 32.8. The number of ether oxygens (including phenoxy) is 3. The molecular weight excluding hydrogens is 1290 g/mol. The number of amides is 4. The van der Waals surface area contributed by atoms with Crippen LogP contribution in [0.4, 0.5) is 16.2 Å². The third-order valence-corrected chi connectivity index (χ3v) is 19.2. The van der Waals surface area contributed by atoms with E-state index < -0.39 is 48.7 Å². The lowest BCUT2D eigenvalue weighted by atomic mass is 9.81. The van der Waals surface area contributed by atoms with Gasteiger partial charge in [-0.1, -0.05) is 125 Å². The van der Waals surface area contributed by atoms with Gasteiger partial charge in [-0.25, -0.2) is 9.59 Å². The second-order valence-electron chi connectivity index (χ2n) is 27.8. The number of benzene rings is 4. The van der Waals surface area contributed by atoms with E-state index in [1.54, 1.807) is 0 Å². The SMILES string of the molecule is CCCCC[N+]1=C(/C=C/C2=C(Oc3ccc(CCNC(=O)[C@H](CCCNC(N)N)CC(=O)[C@H](Cc4ccccc4)NC(=O)CCOCCOCCCC(=O)CCCNC(=O)N[C@H](CCC(=O)O)C(=O)O)cc3)C(=C/C=C3/N(CCCC)c4ccccc4C3(C)C)/CCC2)C(C)(C)c2ccccc21. The minimum absolute atomic E-state index is 0.0253. The van der Waals surface area contributed by atoms with Crippen molar-refractivity contribution in [2.24, 2.45) is 17.4 Å². The summed E-state index contributed by atoms with van der Waals surface area (Å²) in [5.74, 6) is -2.60. The number of aliphatic carboxylic acids is 2. The van der Waals surface area contributed by atoms with Crippen LogP contribution < -0.4 is 47.7 Å². The molecule has 21 nitrogen and oxygen atoms in total. The van der Waals surface area contributed by atoms with Gasteiger partial charge < -0.3 is 62.1 Å². The number of carboxylic acids is 2. The highest BCUT2D eigenvalue weighted by molar-refractivity contribution is 6.03. The lowest BCUT2D eigenvalue weighted by Crippen LogP contribution is -2.46. The molecule has 0 aromatic heterocycles. The molecule has 0 fully saturated rings. The van der Waals surface area contributed by atoms with Crippen molar-refractivity contribution in [2.75, 3.05) is 64.1 Å². The van der Waals surface area contributed by atoms with Crippen molar-refractivity contribution in [3.8, 4) is 5.75 Å². The van der Waals surface area contributed by atoms with E-state index in [1.807, 2.05) is 54.6 Å². The second kappa shape index (κ2) is 41.5. The first kappa shape index (κ1) is 80.7. The van der Waals surface area contributed by atoms with Crippen LogP contribution in [0.25, 0.3) is 0 Å². The number of carbonyl (C=O) groups is 7. The first-order valence-electron chi connectivity index (χ1n) is 36.9. The van der Waals surface area contributed by atoms with E-state index in [2.05, 4.69) is 150 Å². The normalized spacial score (nSPS) is 16.3. The molecule has 21 heteroatoms. The van der Waals surface area contributed by atoms with E-state index in [1.165, 1.54) is 40.3 Å². The molecule has 4 aromatic rings. The summed E-state index contributed by atoms with van der Waals surface area (Å²) in [6.07, 6.45) is 19.0. The van der Waals surface area contributed by atoms with E-state index in [9.17, 15) is 38.7 Å². The number of nitrogens with zero attached hydrogens (tertiary/aromatic N) is 2. The predicted octanol–water partition coefficient (Wildman–Crippen LogP) is 11.4. The zero-order chi connectivity index (χ0) is 73.4.